The summed E-state index contributed by atoms with van der Waals surface area (Å²) < 4.78 is 0. The molecule has 0 atom stereocenters. The minimum Gasteiger partial charge on any atom is -0.317 e. The van der Waals surface area contributed by atoms with Gasteiger partial charge in [-0.3, -0.25) is 9.88 Å². The minimum atomic E-state index is 0.842. The summed E-state index contributed by atoms with van der Waals surface area (Å²) >= 11 is 0. The Morgan fingerprint density at radius 1 is 1.19 bits per heavy atom. The van der Waals surface area contributed by atoms with Crippen LogP contribution in [0.2, 0.25) is 0 Å². The van der Waals surface area contributed by atoms with Gasteiger partial charge in [0.1, 0.15) is 0 Å². The average molecular weight is 283 g/mol. The lowest BCUT2D eigenvalue weighted by molar-refractivity contribution is 0.207. The summed E-state index contributed by atoms with van der Waals surface area (Å²) in [5.74, 6) is 0.842. The van der Waals surface area contributed by atoms with Gasteiger partial charge >= 0.3 is 0 Å². The number of fused-ring (bicyclic) bond motifs is 1. The molecule has 0 amide bonds. The zero-order valence-corrected chi connectivity index (χ0v) is 12.9. The predicted molar refractivity (Wildman–Crippen MR) is 88.3 cm³/mol. The van der Waals surface area contributed by atoms with Crippen molar-refractivity contribution >= 4 is 10.8 Å². The molecular weight excluding hydrogens is 258 g/mol. The van der Waals surface area contributed by atoms with Crippen LogP contribution in [0.3, 0.4) is 0 Å². The van der Waals surface area contributed by atoms with E-state index in [0.29, 0.717) is 0 Å². The highest BCUT2D eigenvalue weighted by Crippen LogP contribution is 2.20. The van der Waals surface area contributed by atoms with Crippen molar-refractivity contribution in [1.82, 2.24) is 15.2 Å². The molecule has 1 aliphatic rings. The number of nitrogens with zero attached hydrogens (tertiary/aromatic N) is 2. The lowest BCUT2D eigenvalue weighted by Crippen LogP contribution is -2.36. The molecule has 3 rings (SSSR count). The maximum atomic E-state index is 4.41. The van der Waals surface area contributed by atoms with Crippen LogP contribution in [0.15, 0.2) is 36.7 Å². The predicted octanol–water partition coefficient (Wildman–Crippen LogP) is 3.06. The molecule has 21 heavy (non-hydrogen) atoms. The van der Waals surface area contributed by atoms with Gasteiger partial charge in [-0.2, -0.15) is 0 Å². The first-order chi connectivity index (χ1) is 10.4. The quantitative estimate of drug-likeness (QED) is 0.914. The molecule has 1 aromatic carbocycles. The highest BCUT2D eigenvalue weighted by molar-refractivity contribution is 5.84. The molecule has 3 heteroatoms. The monoisotopic (exact) mass is 283 g/mol. The fourth-order valence-corrected chi connectivity index (χ4v) is 3.28. The van der Waals surface area contributed by atoms with Crippen LogP contribution >= 0.6 is 0 Å². The molecule has 1 aliphatic heterocycles. The number of hydrogen-bond donors (Lipinski definition) is 1. The summed E-state index contributed by atoms with van der Waals surface area (Å²) in [7, 11) is 0. The molecule has 2 heterocycles. The van der Waals surface area contributed by atoms with Crippen molar-refractivity contribution in [2.24, 2.45) is 5.92 Å². The Morgan fingerprint density at radius 2 is 2.00 bits per heavy atom. The van der Waals surface area contributed by atoms with Crippen LogP contribution in [0.4, 0.5) is 0 Å². The summed E-state index contributed by atoms with van der Waals surface area (Å²) in [5.41, 5.74) is 1.35. The summed E-state index contributed by atoms with van der Waals surface area (Å²) in [5, 5.41) is 6.04. The number of piperidine rings is 1. The van der Waals surface area contributed by atoms with Crippen molar-refractivity contribution in [2.75, 3.05) is 26.2 Å². The zero-order valence-electron chi connectivity index (χ0n) is 12.9. The van der Waals surface area contributed by atoms with Gasteiger partial charge in [-0.15, -0.1) is 0 Å². The van der Waals surface area contributed by atoms with E-state index in [1.165, 1.54) is 48.8 Å². The minimum absolute atomic E-state index is 0.842. The van der Waals surface area contributed by atoms with E-state index in [1.54, 1.807) is 0 Å². The highest BCUT2D eigenvalue weighted by atomic mass is 15.1. The molecule has 0 bridgehead atoms. The molecule has 1 saturated heterocycles. The maximum Gasteiger partial charge on any atom is 0.0346 e. The first kappa shape index (κ1) is 14.5. The molecule has 0 aliphatic carbocycles. The van der Waals surface area contributed by atoms with Gasteiger partial charge in [-0.05, 0) is 49.3 Å². The SMILES string of the molecule is CCN(Cc1cncc2ccccc12)CC1CCNCC1. The Hall–Kier alpha value is -1.45. The van der Waals surface area contributed by atoms with Crippen LogP contribution in [0, 0.1) is 5.92 Å². The molecule has 0 saturated carbocycles. The molecule has 3 nitrogen and oxygen atoms in total. The Bertz CT molecular complexity index is 570. The molecule has 0 radical (unpaired) electrons. The van der Waals surface area contributed by atoms with Crippen molar-refractivity contribution in [3.8, 4) is 0 Å². The standard InChI is InChI=1S/C18H25N3/c1-2-21(13-15-7-9-19-10-8-15)14-17-12-20-11-16-5-3-4-6-18(16)17/h3-6,11-12,15,19H,2,7-10,13-14H2,1H3. The molecule has 1 N–H and O–H groups in total. The number of pyridine rings is 1. The van der Waals surface area contributed by atoms with Crippen LogP contribution in [0.5, 0.6) is 0 Å². The molecule has 1 fully saturated rings. The number of nitrogens with one attached hydrogen (secondary N) is 1. The highest BCUT2D eigenvalue weighted by Gasteiger charge is 2.17. The van der Waals surface area contributed by atoms with Crippen molar-refractivity contribution in [1.29, 1.82) is 0 Å². The van der Waals surface area contributed by atoms with Crippen molar-refractivity contribution < 1.29 is 0 Å². The normalized spacial score (nSPS) is 16.7. The lowest BCUT2D eigenvalue weighted by atomic mass is 9.97. The van der Waals surface area contributed by atoms with E-state index in [0.717, 1.165) is 19.0 Å². The second-order valence-corrected chi connectivity index (χ2v) is 6.04. The smallest absolute Gasteiger partial charge is 0.0346 e. The maximum absolute atomic E-state index is 4.41. The summed E-state index contributed by atoms with van der Waals surface area (Å²) in [6.07, 6.45) is 6.61. The number of rotatable bonds is 5. The Kier molecular flexibility index (Phi) is 4.84. The topological polar surface area (TPSA) is 28.2 Å². The second-order valence-electron chi connectivity index (χ2n) is 6.04. The third-order valence-electron chi connectivity index (χ3n) is 4.57. The largest absolute Gasteiger partial charge is 0.317 e. The fraction of sp³-hybridized carbons (Fsp3) is 0.500. The Labute approximate surface area is 127 Å². The van der Waals surface area contributed by atoms with Gasteiger partial charge in [0.05, 0.1) is 0 Å². The molecule has 2 aromatic rings. The van der Waals surface area contributed by atoms with Crippen molar-refractivity contribution in [3.63, 3.8) is 0 Å². The van der Waals surface area contributed by atoms with Gasteiger partial charge < -0.3 is 5.32 Å². The first-order valence-corrected chi connectivity index (χ1v) is 8.11. The second kappa shape index (κ2) is 7.01. The van der Waals surface area contributed by atoms with Gasteiger partial charge in [-0.1, -0.05) is 31.2 Å². The number of hydrogen-bond acceptors (Lipinski definition) is 3. The number of aromatic nitrogens is 1. The van der Waals surface area contributed by atoms with E-state index in [-0.39, 0.29) is 0 Å². The lowest BCUT2D eigenvalue weighted by Gasteiger charge is -2.29. The van der Waals surface area contributed by atoms with Gasteiger partial charge in [0.15, 0.2) is 0 Å². The van der Waals surface area contributed by atoms with Gasteiger partial charge in [0.2, 0.25) is 0 Å². The van der Waals surface area contributed by atoms with Crippen molar-refractivity contribution in [2.45, 2.75) is 26.3 Å². The number of benzene rings is 1. The summed E-state index contributed by atoms with van der Waals surface area (Å²) in [6.45, 7) is 7.94. The van der Waals surface area contributed by atoms with Crippen LogP contribution in [-0.4, -0.2) is 36.1 Å². The summed E-state index contributed by atoms with van der Waals surface area (Å²) in [4.78, 5) is 6.98. The van der Waals surface area contributed by atoms with Crippen LogP contribution < -0.4 is 5.32 Å². The fourth-order valence-electron chi connectivity index (χ4n) is 3.28. The molecule has 0 unspecified atom stereocenters. The Morgan fingerprint density at radius 3 is 2.81 bits per heavy atom. The Balaban J connectivity index is 1.72. The van der Waals surface area contributed by atoms with Crippen molar-refractivity contribution in [3.05, 3.63) is 42.2 Å². The molecule has 0 spiro atoms. The third kappa shape index (κ3) is 3.60. The van der Waals surface area contributed by atoms with E-state index in [1.807, 2.05) is 12.4 Å². The molecule has 1 aromatic heterocycles. The third-order valence-corrected chi connectivity index (χ3v) is 4.57. The van der Waals surface area contributed by atoms with E-state index in [4.69, 9.17) is 0 Å². The average Bonchev–Trinajstić information content (AvgIpc) is 2.55. The molecule has 112 valence electrons. The van der Waals surface area contributed by atoms with E-state index in [2.05, 4.69) is 46.4 Å². The van der Waals surface area contributed by atoms with Crippen LogP contribution in [0.1, 0.15) is 25.3 Å². The molecular formula is C18H25N3. The van der Waals surface area contributed by atoms with E-state index >= 15 is 0 Å². The van der Waals surface area contributed by atoms with Crippen LogP contribution in [-0.2, 0) is 6.54 Å². The summed E-state index contributed by atoms with van der Waals surface area (Å²) in [6, 6.07) is 8.56. The van der Waals surface area contributed by atoms with Crippen LogP contribution in [0.25, 0.3) is 10.8 Å². The van der Waals surface area contributed by atoms with Gasteiger partial charge in [0, 0.05) is 30.9 Å². The van der Waals surface area contributed by atoms with E-state index in [9.17, 15) is 0 Å². The van der Waals surface area contributed by atoms with Gasteiger partial charge in [-0.25, -0.2) is 0 Å². The zero-order chi connectivity index (χ0) is 14.5. The van der Waals surface area contributed by atoms with E-state index < -0.39 is 0 Å². The van der Waals surface area contributed by atoms with Gasteiger partial charge in [0.25, 0.3) is 0 Å². The first-order valence-electron chi connectivity index (χ1n) is 8.11.